The molecule has 1 saturated carbocycles. The van der Waals surface area contributed by atoms with Gasteiger partial charge in [-0.3, -0.25) is 4.79 Å². The van der Waals surface area contributed by atoms with Crippen molar-refractivity contribution in [2.24, 2.45) is 0 Å². The highest BCUT2D eigenvalue weighted by Gasteiger charge is 2.36. The van der Waals surface area contributed by atoms with Gasteiger partial charge in [0.25, 0.3) is 0 Å². The maximum atomic E-state index is 13.9. The molecule has 5 rings (SSSR count). The van der Waals surface area contributed by atoms with Crippen LogP contribution < -0.4 is 14.2 Å². The first-order valence-corrected chi connectivity index (χ1v) is 13.6. The molecule has 0 spiro atoms. The summed E-state index contributed by atoms with van der Waals surface area (Å²) in [5, 5.41) is 11.6. The number of ether oxygens (including phenoxy) is 3. The number of hydrogen-bond acceptors (Lipinski definition) is 6. The predicted octanol–water partition coefficient (Wildman–Crippen LogP) is 7.02. The Hall–Kier alpha value is -3.16. The molecule has 2 aromatic carbocycles. The van der Waals surface area contributed by atoms with Gasteiger partial charge in [-0.1, -0.05) is 25.4 Å². The highest BCUT2D eigenvalue weighted by Crippen LogP contribution is 2.45. The molecule has 39 heavy (non-hydrogen) atoms. The largest absolute Gasteiger partial charge is 0.493 e. The average molecular weight is 554 g/mol. The van der Waals surface area contributed by atoms with Crippen molar-refractivity contribution in [1.29, 1.82) is 0 Å². The van der Waals surface area contributed by atoms with E-state index in [9.17, 15) is 14.3 Å². The van der Waals surface area contributed by atoms with Gasteiger partial charge in [-0.05, 0) is 80.5 Å². The molecule has 0 radical (unpaired) electrons. The Labute approximate surface area is 233 Å². The van der Waals surface area contributed by atoms with E-state index in [-0.39, 0.29) is 35.2 Å². The van der Waals surface area contributed by atoms with Crippen LogP contribution in [0.2, 0.25) is 5.02 Å². The lowest BCUT2D eigenvalue weighted by molar-refractivity contribution is 0.0394. The highest BCUT2D eigenvalue weighted by atomic mass is 35.5. The number of carbonyl (C=O) groups excluding carboxylic acids is 1. The average Bonchev–Trinajstić information content (AvgIpc) is 3.72. The summed E-state index contributed by atoms with van der Waals surface area (Å²) in [5.74, 6) is 1.09. The van der Waals surface area contributed by atoms with Crippen molar-refractivity contribution in [2.75, 3.05) is 13.7 Å². The van der Waals surface area contributed by atoms with E-state index >= 15 is 0 Å². The fourth-order valence-electron chi connectivity index (χ4n) is 4.77. The van der Waals surface area contributed by atoms with Crippen LogP contribution in [-0.2, 0) is 11.0 Å². The van der Waals surface area contributed by atoms with Crippen LogP contribution in [0.15, 0.2) is 42.5 Å². The fourth-order valence-corrected chi connectivity index (χ4v) is 4.95. The summed E-state index contributed by atoms with van der Waals surface area (Å²) in [6, 6.07) is 11.4. The number of methoxy groups -OCH3 is 1. The van der Waals surface area contributed by atoms with E-state index in [0.717, 1.165) is 24.8 Å². The molecule has 1 atom stereocenters. The van der Waals surface area contributed by atoms with Crippen molar-refractivity contribution in [2.45, 2.75) is 70.0 Å². The number of benzene rings is 2. The number of nitrogens with zero attached hydrogens (tertiary/aromatic N) is 1. The van der Waals surface area contributed by atoms with Crippen LogP contribution in [0.4, 0.5) is 4.39 Å². The first kappa shape index (κ1) is 27.4. The number of aromatic nitrogens is 1. The van der Waals surface area contributed by atoms with Gasteiger partial charge in [0.05, 0.1) is 30.5 Å². The predicted molar refractivity (Wildman–Crippen MR) is 148 cm³/mol. The minimum absolute atomic E-state index is 0.0233. The van der Waals surface area contributed by atoms with Crippen LogP contribution in [0.3, 0.4) is 0 Å². The Morgan fingerprint density at radius 1 is 1.21 bits per heavy atom. The monoisotopic (exact) mass is 553 g/mol. The normalized spacial score (nSPS) is 17.5. The lowest BCUT2D eigenvalue weighted by Crippen LogP contribution is -2.30. The van der Waals surface area contributed by atoms with Gasteiger partial charge < -0.3 is 19.3 Å². The molecular weight excluding hydrogens is 521 g/mol. The number of aliphatic hydroxyl groups is 1. The maximum absolute atomic E-state index is 13.9. The fraction of sp³-hybridized carbons (Fsp3) is 0.419. The zero-order valence-corrected chi connectivity index (χ0v) is 23.4. The number of pyridine rings is 1. The maximum Gasteiger partial charge on any atom is 0.163 e. The van der Waals surface area contributed by atoms with Gasteiger partial charge in [-0.2, -0.15) is 0 Å². The molecule has 206 valence electrons. The van der Waals surface area contributed by atoms with E-state index in [0.29, 0.717) is 46.4 Å². The van der Waals surface area contributed by atoms with Gasteiger partial charge in [-0.25, -0.2) is 9.37 Å². The molecule has 3 aromatic rings. The van der Waals surface area contributed by atoms with Crippen LogP contribution in [0.25, 0.3) is 11.3 Å². The number of carbonyl (C=O) groups is 1. The van der Waals surface area contributed by atoms with Gasteiger partial charge in [-0.15, -0.1) is 0 Å². The van der Waals surface area contributed by atoms with Gasteiger partial charge in [0.2, 0.25) is 0 Å². The molecule has 0 saturated heterocycles. The third-order valence-corrected chi connectivity index (χ3v) is 7.85. The minimum atomic E-state index is -1.42. The zero-order chi connectivity index (χ0) is 27.9. The summed E-state index contributed by atoms with van der Waals surface area (Å²) in [4.78, 5) is 17.9. The molecule has 1 N–H and O–H groups in total. The summed E-state index contributed by atoms with van der Waals surface area (Å²) < 4.78 is 31.3. The van der Waals surface area contributed by atoms with Gasteiger partial charge in [0.15, 0.2) is 17.3 Å². The Balaban J connectivity index is 1.43. The molecule has 2 heterocycles. The van der Waals surface area contributed by atoms with Crippen LogP contribution in [0.1, 0.15) is 74.5 Å². The van der Waals surface area contributed by atoms with Crippen molar-refractivity contribution in [3.05, 3.63) is 70.1 Å². The highest BCUT2D eigenvalue weighted by molar-refractivity contribution is 6.31. The Morgan fingerprint density at radius 3 is 2.67 bits per heavy atom. The van der Waals surface area contributed by atoms with Crippen LogP contribution in [-0.4, -0.2) is 35.7 Å². The van der Waals surface area contributed by atoms with E-state index < -0.39 is 11.4 Å². The molecular formula is C31H33ClFNO5. The van der Waals surface area contributed by atoms with E-state index in [2.05, 4.69) is 13.8 Å². The summed E-state index contributed by atoms with van der Waals surface area (Å²) in [6.07, 6.45) is 3.28. The van der Waals surface area contributed by atoms with Crippen molar-refractivity contribution >= 4 is 17.4 Å². The SMILES string of the molecule is COc1cc(C(=O)CCC(C)(O)c2cc3c(c(-c4ccc(F)c(Cl)c4)n2)OCCC3(C)C)ccc1OC1CC1. The van der Waals surface area contributed by atoms with E-state index in [4.69, 9.17) is 30.8 Å². The van der Waals surface area contributed by atoms with Crippen LogP contribution >= 0.6 is 11.6 Å². The number of rotatable bonds is 9. The first-order valence-electron chi connectivity index (χ1n) is 13.2. The van der Waals surface area contributed by atoms with Crippen molar-refractivity contribution < 1.29 is 28.5 Å². The topological polar surface area (TPSA) is 77.9 Å². The van der Waals surface area contributed by atoms with Crippen LogP contribution in [0.5, 0.6) is 17.2 Å². The number of fused-ring (bicyclic) bond motifs is 1. The lowest BCUT2D eigenvalue weighted by atomic mass is 9.78. The number of Topliss-reactive ketones (excluding diaryl/α,β-unsaturated/α-hetero) is 1. The van der Waals surface area contributed by atoms with Crippen LogP contribution in [0, 0.1) is 5.82 Å². The molecule has 1 aromatic heterocycles. The second-order valence-electron chi connectivity index (χ2n) is 11.2. The third-order valence-electron chi connectivity index (χ3n) is 7.56. The molecule has 1 aliphatic carbocycles. The van der Waals surface area contributed by atoms with E-state index in [1.54, 1.807) is 38.3 Å². The number of ketones is 1. The second kappa shape index (κ2) is 10.4. The molecule has 6 nitrogen and oxygen atoms in total. The van der Waals surface area contributed by atoms with Crippen molar-refractivity contribution in [3.63, 3.8) is 0 Å². The van der Waals surface area contributed by atoms with Crippen molar-refractivity contribution in [1.82, 2.24) is 4.98 Å². The molecule has 0 amide bonds. The Morgan fingerprint density at radius 2 is 1.97 bits per heavy atom. The molecule has 0 bridgehead atoms. The summed E-state index contributed by atoms with van der Waals surface area (Å²) in [5.41, 5.74) is 1.21. The number of hydrogen-bond donors (Lipinski definition) is 1. The lowest BCUT2D eigenvalue weighted by Gasteiger charge is -2.35. The molecule has 1 unspecified atom stereocenters. The minimum Gasteiger partial charge on any atom is -0.493 e. The number of halogens is 2. The van der Waals surface area contributed by atoms with Crippen molar-refractivity contribution in [3.8, 4) is 28.5 Å². The van der Waals surface area contributed by atoms with Gasteiger partial charge in [0.1, 0.15) is 22.9 Å². The van der Waals surface area contributed by atoms with E-state index in [1.165, 1.54) is 12.1 Å². The second-order valence-corrected chi connectivity index (χ2v) is 11.6. The Kier molecular flexibility index (Phi) is 7.33. The summed E-state index contributed by atoms with van der Waals surface area (Å²) >= 11 is 6.09. The smallest absolute Gasteiger partial charge is 0.163 e. The third kappa shape index (κ3) is 5.75. The molecule has 1 fully saturated rings. The molecule has 8 heteroatoms. The summed E-state index contributed by atoms with van der Waals surface area (Å²) in [6.45, 7) is 6.39. The molecule has 2 aliphatic rings. The van der Waals surface area contributed by atoms with E-state index in [1.807, 2.05) is 6.07 Å². The summed E-state index contributed by atoms with van der Waals surface area (Å²) in [7, 11) is 1.55. The van der Waals surface area contributed by atoms with Gasteiger partial charge in [0, 0.05) is 23.1 Å². The Bertz CT molecular complexity index is 1420. The standard InChI is InChI=1S/C31H33ClFNO5/c1-30(2)13-14-38-29-21(30)17-27(34-28(29)19-5-9-23(33)22(32)15-19)31(3,36)12-11-24(35)18-6-10-25(26(16-18)37-4)39-20-7-8-20/h5-6,9-10,15-17,20,36H,7-8,11-14H2,1-4H3. The molecule has 1 aliphatic heterocycles. The zero-order valence-electron chi connectivity index (χ0n) is 22.6. The quantitative estimate of drug-likeness (QED) is 0.287. The van der Waals surface area contributed by atoms with Gasteiger partial charge >= 0.3 is 0 Å². The first-order chi connectivity index (χ1) is 18.5.